The summed E-state index contributed by atoms with van der Waals surface area (Å²) in [5.41, 5.74) is 0.580. The standard InChI is InChI=1S/C27H44O7/c1-7-15-29-22(28)14-13-21-23(30-16-8-2)25(32-18-10-4)27(34-20-12-6)26(33-19-11-5)24(21)31-17-9-3/h13-14H,7-12,15-20H2,1-6H3. The smallest absolute Gasteiger partial charge is 0.330 e. The molecule has 1 rings (SSSR count). The van der Waals surface area contributed by atoms with Gasteiger partial charge in [-0.1, -0.05) is 41.5 Å². The second kappa shape index (κ2) is 17.8. The number of ether oxygens (including phenoxy) is 6. The third-order valence-corrected chi connectivity index (χ3v) is 4.40. The molecule has 0 bridgehead atoms. The number of esters is 1. The highest BCUT2D eigenvalue weighted by Gasteiger charge is 2.29. The van der Waals surface area contributed by atoms with Crippen molar-refractivity contribution < 1.29 is 33.2 Å². The summed E-state index contributed by atoms with van der Waals surface area (Å²) in [4.78, 5) is 12.3. The maximum Gasteiger partial charge on any atom is 0.330 e. The summed E-state index contributed by atoms with van der Waals surface area (Å²) in [6.45, 7) is 14.9. The van der Waals surface area contributed by atoms with E-state index in [0.717, 1.165) is 38.5 Å². The van der Waals surface area contributed by atoms with Crippen molar-refractivity contribution in [2.75, 3.05) is 39.6 Å². The quantitative estimate of drug-likeness (QED) is 0.163. The molecule has 0 unspecified atom stereocenters. The van der Waals surface area contributed by atoms with Crippen LogP contribution in [0.25, 0.3) is 6.08 Å². The van der Waals surface area contributed by atoms with E-state index in [9.17, 15) is 4.79 Å². The van der Waals surface area contributed by atoms with Crippen molar-refractivity contribution in [2.24, 2.45) is 0 Å². The zero-order valence-corrected chi connectivity index (χ0v) is 22.0. The topological polar surface area (TPSA) is 72.5 Å². The summed E-state index contributed by atoms with van der Waals surface area (Å²) >= 11 is 0. The van der Waals surface area contributed by atoms with Gasteiger partial charge in [0.2, 0.25) is 17.2 Å². The second-order valence-electron chi connectivity index (χ2n) is 7.80. The van der Waals surface area contributed by atoms with E-state index in [0.29, 0.717) is 74.0 Å². The van der Waals surface area contributed by atoms with E-state index in [4.69, 9.17) is 28.4 Å². The molecule has 0 aliphatic rings. The van der Waals surface area contributed by atoms with Crippen LogP contribution in [-0.4, -0.2) is 45.6 Å². The van der Waals surface area contributed by atoms with Gasteiger partial charge < -0.3 is 28.4 Å². The average molecular weight is 481 g/mol. The lowest BCUT2D eigenvalue weighted by molar-refractivity contribution is -0.137. The van der Waals surface area contributed by atoms with Crippen molar-refractivity contribution >= 4 is 12.0 Å². The summed E-state index contributed by atoms with van der Waals surface area (Å²) in [5.74, 6) is 1.96. The van der Waals surface area contributed by atoms with Gasteiger partial charge in [-0.2, -0.15) is 0 Å². The van der Waals surface area contributed by atoms with Crippen LogP contribution in [0.5, 0.6) is 28.7 Å². The number of carbonyl (C=O) groups excluding carboxylic acids is 1. The van der Waals surface area contributed by atoms with Crippen LogP contribution in [0, 0.1) is 0 Å². The Balaban J connectivity index is 3.84. The van der Waals surface area contributed by atoms with Crippen molar-refractivity contribution in [3.63, 3.8) is 0 Å². The molecule has 0 fully saturated rings. The third-order valence-electron chi connectivity index (χ3n) is 4.40. The summed E-state index contributed by atoms with van der Waals surface area (Å²) in [7, 11) is 0. The molecule has 1 aromatic rings. The Morgan fingerprint density at radius 2 is 0.853 bits per heavy atom. The molecule has 0 N–H and O–H groups in total. The fraction of sp³-hybridized carbons (Fsp3) is 0.667. The monoisotopic (exact) mass is 480 g/mol. The molecule has 0 aliphatic carbocycles. The molecular formula is C27H44O7. The summed E-state index contributed by atoms with van der Waals surface area (Å²) in [5, 5.41) is 0. The lowest BCUT2D eigenvalue weighted by Gasteiger charge is -2.25. The number of hydrogen-bond donors (Lipinski definition) is 0. The molecule has 0 atom stereocenters. The lowest BCUT2D eigenvalue weighted by Crippen LogP contribution is -2.11. The summed E-state index contributed by atoms with van der Waals surface area (Å²) < 4.78 is 36.1. The van der Waals surface area contributed by atoms with Gasteiger partial charge in [-0.15, -0.1) is 0 Å². The lowest BCUT2D eigenvalue weighted by atomic mass is 10.1. The van der Waals surface area contributed by atoms with Gasteiger partial charge >= 0.3 is 5.97 Å². The second-order valence-corrected chi connectivity index (χ2v) is 7.80. The maximum atomic E-state index is 12.3. The van der Waals surface area contributed by atoms with Crippen molar-refractivity contribution in [3.05, 3.63) is 11.6 Å². The van der Waals surface area contributed by atoms with Crippen molar-refractivity contribution in [2.45, 2.75) is 80.1 Å². The Hall–Kier alpha value is -2.57. The number of hydrogen-bond acceptors (Lipinski definition) is 7. The molecule has 0 amide bonds. The van der Waals surface area contributed by atoms with E-state index in [-0.39, 0.29) is 0 Å². The zero-order chi connectivity index (χ0) is 25.2. The van der Waals surface area contributed by atoms with E-state index in [2.05, 4.69) is 0 Å². The van der Waals surface area contributed by atoms with E-state index in [1.54, 1.807) is 6.08 Å². The molecule has 34 heavy (non-hydrogen) atoms. The molecule has 0 saturated heterocycles. The van der Waals surface area contributed by atoms with Gasteiger partial charge in [-0.3, -0.25) is 0 Å². The minimum absolute atomic E-state index is 0.362. The first kappa shape index (κ1) is 29.5. The van der Waals surface area contributed by atoms with Gasteiger partial charge in [0, 0.05) is 6.08 Å². The first-order valence-electron chi connectivity index (χ1n) is 12.8. The molecule has 0 radical (unpaired) electrons. The highest BCUT2D eigenvalue weighted by atomic mass is 16.6. The predicted molar refractivity (Wildman–Crippen MR) is 136 cm³/mol. The highest BCUT2D eigenvalue weighted by molar-refractivity contribution is 5.90. The molecule has 0 saturated carbocycles. The molecule has 194 valence electrons. The summed E-state index contributed by atoms with van der Waals surface area (Å²) in [6, 6.07) is 0. The number of carbonyl (C=O) groups is 1. The van der Waals surface area contributed by atoms with Gasteiger partial charge in [0.15, 0.2) is 11.5 Å². The van der Waals surface area contributed by atoms with Crippen molar-refractivity contribution in [3.8, 4) is 28.7 Å². The Bertz CT molecular complexity index is 702. The Morgan fingerprint density at radius 1 is 0.529 bits per heavy atom. The first-order valence-corrected chi connectivity index (χ1v) is 12.8. The van der Waals surface area contributed by atoms with Gasteiger partial charge in [-0.05, 0) is 44.6 Å². The maximum absolute atomic E-state index is 12.3. The molecule has 1 aromatic carbocycles. The molecule has 0 aromatic heterocycles. The molecule has 0 spiro atoms. The van der Waals surface area contributed by atoms with Crippen molar-refractivity contribution in [1.29, 1.82) is 0 Å². The predicted octanol–water partition coefficient (Wildman–Crippen LogP) is 6.60. The highest BCUT2D eigenvalue weighted by Crippen LogP contribution is 2.54. The fourth-order valence-corrected chi connectivity index (χ4v) is 2.91. The Labute approximate surface area is 205 Å². The van der Waals surface area contributed by atoms with Gasteiger partial charge in [0.05, 0.1) is 45.2 Å². The SMILES string of the molecule is CCCOC(=O)C=Cc1c(OCCC)c(OCCC)c(OCCC)c(OCCC)c1OCCC. The van der Waals surface area contributed by atoms with Crippen molar-refractivity contribution in [1.82, 2.24) is 0 Å². The normalized spacial score (nSPS) is 10.9. The Morgan fingerprint density at radius 3 is 1.21 bits per heavy atom. The van der Waals surface area contributed by atoms with Crippen LogP contribution < -0.4 is 23.7 Å². The minimum Gasteiger partial charge on any atom is -0.489 e. The number of benzene rings is 1. The summed E-state index contributed by atoms with van der Waals surface area (Å²) in [6.07, 6.45) is 7.86. The minimum atomic E-state index is -0.428. The van der Waals surface area contributed by atoms with Crippen LogP contribution in [0.3, 0.4) is 0 Å². The van der Waals surface area contributed by atoms with Gasteiger partial charge in [-0.25, -0.2) is 4.79 Å². The van der Waals surface area contributed by atoms with Crippen LogP contribution in [0.2, 0.25) is 0 Å². The van der Waals surface area contributed by atoms with Crippen LogP contribution in [0.1, 0.15) is 85.6 Å². The van der Waals surface area contributed by atoms with E-state index < -0.39 is 5.97 Å². The van der Waals surface area contributed by atoms with Crippen LogP contribution in [-0.2, 0) is 9.53 Å². The fourth-order valence-electron chi connectivity index (χ4n) is 2.91. The van der Waals surface area contributed by atoms with E-state index in [1.165, 1.54) is 6.08 Å². The van der Waals surface area contributed by atoms with Crippen LogP contribution >= 0.6 is 0 Å². The van der Waals surface area contributed by atoms with Crippen LogP contribution in [0.4, 0.5) is 0 Å². The average Bonchev–Trinajstić information content (AvgIpc) is 2.85. The molecule has 7 heteroatoms. The number of rotatable bonds is 19. The Kier molecular flexibility index (Phi) is 15.5. The van der Waals surface area contributed by atoms with Crippen LogP contribution in [0.15, 0.2) is 6.08 Å². The van der Waals surface area contributed by atoms with E-state index in [1.807, 2.05) is 41.5 Å². The zero-order valence-electron chi connectivity index (χ0n) is 22.0. The van der Waals surface area contributed by atoms with E-state index >= 15 is 0 Å². The molecule has 7 nitrogen and oxygen atoms in total. The molecule has 0 aliphatic heterocycles. The van der Waals surface area contributed by atoms with Gasteiger partial charge in [0.1, 0.15) is 0 Å². The molecule has 0 heterocycles. The van der Waals surface area contributed by atoms with Gasteiger partial charge in [0.25, 0.3) is 0 Å². The first-order chi connectivity index (χ1) is 16.6. The third kappa shape index (κ3) is 9.35. The largest absolute Gasteiger partial charge is 0.489 e. The molecular weight excluding hydrogens is 436 g/mol.